The molecule has 0 saturated carbocycles. The van der Waals surface area contributed by atoms with Crippen molar-refractivity contribution in [2.75, 3.05) is 5.32 Å². The summed E-state index contributed by atoms with van der Waals surface area (Å²) in [6, 6.07) is 14.3. The molecule has 94 valence electrons. The minimum atomic E-state index is 0.727. The van der Waals surface area contributed by atoms with Gasteiger partial charge >= 0.3 is 0 Å². The molecule has 0 atom stereocenters. The molecule has 0 aliphatic carbocycles. The highest BCUT2D eigenvalue weighted by Gasteiger charge is 2.02. The molecular weight excluding hydrogens is 234 g/mol. The number of aryl methyl sites for hydroxylation is 1. The molecule has 0 spiro atoms. The van der Waals surface area contributed by atoms with Crippen LogP contribution in [0.15, 0.2) is 54.9 Å². The Morgan fingerprint density at radius 2 is 1.89 bits per heavy atom. The fourth-order valence-electron chi connectivity index (χ4n) is 2.13. The number of hydrogen-bond donors (Lipinski definition) is 1. The van der Waals surface area contributed by atoms with Crippen molar-refractivity contribution in [2.24, 2.45) is 0 Å². The van der Waals surface area contributed by atoms with E-state index in [1.165, 1.54) is 16.5 Å². The van der Waals surface area contributed by atoms with Gasteiger partial charge in [0.05, 0.1) is 5.52 Å². The van der Waals surface area contributed by atoms with E-state index >= 15 is 0 Å². The van der Waals surface area contributed by atoms with E-state index in [1.807, 2.05) is 30.6 Å². The highest BCUT2D eigenvalue weighted by atomic mass is 15.0. The lowest BCUT2D eigenvalue weighted by Crippen LogP contribution is -2.02. The van der Waals surface area contributed by atoms with Crippen LogP contribution in [-0.4, -0.2) is 9.97 Å². The standard InChI is InChI=1S/C16H15N3/c1-12-7-9-17-15(10-12)19-11-14-5-2-4-13-6-3-8-18-16(13)14/h2-10H,11H2,1H3,(H,17,19). The molecule has 1 aromatic carbocycles. The van der Waals surface area contributed by atoms with Crippen LogP contribution in [0.1, 0.15) is 11.1 Å². The van der Waals surface area contributed by atoms with E-state index in [4.69, 9.17) is 0 Å². The Bertz CT molecular complexity index is 702. The molecule has 0 saturated heterocycles. The first-order valence-corrected chi connectivity index (χ1v) is 6.32. The zero-order valence-corrected chi connectivity index (χ0v) is 10.8. The Balaban J connectivity index is 1.86. The molecule has 3 aromatic rings. The largest absolute Gasteiger partial charge is 0.366 e. The van der Waals surface area contributed by atoms with Crippen molar-refractivity contribution in [3.8, 4) is 0 Å². The third-order valence-corrected chi connectivity index (χ3v) is 3.09. The molecule has 0 bridgehead atoms. The summed E-state index contributed by atoms with van der Waals surface area (Å²) in [5.41, 5.74) is 3.43. The Morgan fingerprint density at radius 3 is 2.79 bits per heavy atom. The maximum atomic E-state index is 4.45. The molecule has 19 heavy (non-hydrogen) atoms. The second-order valence-electron chi connectivity index (χ2n) is 4.56. The Hall–Kier alpha value is -2.42. The second-order valence-corrected chi connectivity index (χ2v) is 4.56. The summed E-state index contributed by atoms with van der Waals surface area (Å²) in [7, 11) is 0. The first kappa shape index (κ1) is 11.7. The van der Waals surface area contributed by atoms with Gasteiger partial charge in [-0.1, -0.05) is 24.3 Å². The van der Waals surface area contributed by atoms with E-state index in [0.29, 0.717) is 0 Å². The lowest BCUT2D eigenvalue weighted by Gasteiger charge is -2.08. The average molecular weight is 249 g/mol. The quantitative estimate of drug-likeness (QED) is 0.771. The van der Waals surface area contributed by atoms with Crippen LogP contribution < -0.4 is 5.32 Å². The molecule has 2 heterocycles. The molecular formula is C16H15N3. The normalized spacial score (nSPS) is 10.6. The Kier molecular flexibility index (Phi) is 3.11. The van der Waals surface area contributed by atoms with Crippen LogP contribution >= 0.6 is 0 Å². The molecule has 0 radical (unpaired) electrons. The smallest absolute Gasteiger partial charge is 0.126 e. The van der Waals surface area contributed by atoms with Crippen molar-refractivity contribution in [1.29, 1.82) is 0 Å². The van der Waals surface area contributed by atoms with E-state index < -0.39 is 0 Å². The molecule has 3 rings (SSSR count). The highest BCUT2D eigenvalue weighted by Crippen LogP contribution is 2.17. The number of rotatable bonds is 3. The first-order chi connectivity index (χ1) is 9.33. The number of fused-ring (bicyclic) bond motifs is 1. The predicted molar refractivity (Wildman–Crippen MR) is 78.0 cm³/mol. The van der Waals surface area contributed by atoms with Gasteiger partial charge in [0, 0.05) is 24.3 Å². The number of nitrogens with one attached hydrogen (secondary N) is 1. The van der Waals surface area contributed by atoms with Crippen molar-refractivity contribution in [1.82, 2.24) is 9.97 Å². The second kappa shape index (κ2) is 5.06. The number of anilines is 1. The van der Waals surface area contributed by atoms with E-state index in [-0.39, 0.29) is 0 Å². The minimum Gasteiger partial charge on any atom is -0.366 e. The number of para-hydroxylation sites is 1. The number of benzene rings is 1. The third-order valence-electron chi connectivity index (χ3n) is 3.09. The van der Waals surface area contributed by atoms with E-state index in [9.17, 15) is 0 Å². The summed E-state index contributed by atoms with van der Waals surface area (Å²) in [5, 5.41) is 4.51. The summed E-state index contributed by atoms with van der Waals surface area (Å²) in [5.74, 6) is 0.896. The summed E-state index contributed by atoms with van der Waals surface area (Å²) in [4.78, 5) is 8.75. The molecule has 0 aliphatic heterocycles. The van der Waals surface area contributed by atoms with E-state index in [2.05, 4.69) is 46.5 Å². The van der Waals surface area contributed by atoms with Crippen molar-refractivity contribution >= 4 is 16.7 Å². The summed E-state index contributed by atoms with van der Waals surface area (Å²) >= 11 is 0. The lowest BCUT2D eigenvalue weighted by atomic mass is 10.1. The van der Waals surface area contributed by atoms with Crippen LogP contribution in [0.25, 0.3) is 10.9 Å². The molecule has 0 fully saturated rings. The summed E-state index contributed by atoms with van der Waals surface area (Å²) in [6.07, 6.45) is 3.65. The molecule has 3 nitrogen and oxygen atoms in total. The van der Waals surface area contributed by atoms with Gasteiger partial charge in [0.15, 0.2) is 0 Å². The minimum absolute atomic E-state index is 0.727. The van der Waals surface area contributed by atoms with Gasteiger partial charge in [0.1, 0.15) is 5.82 Å². The number of pyridine rings is 2. The van der Waals surface area contributed by atoms with Crippen LogP contribution in [0.4, 0.5) is 5.82 Å². The Morgan fingerprint density at radius 1 is 1.00 bits per heavy atom. The van der Waals surface area contributed by atoms with Crippen molar-refractivity contribution in [3.63, 3.8) is 0 Å². The SMILES string of the molecule is Cc1ccnc(NCc2cccc3cccnc23)c1. The average Bonchev–Trinajstić information content (AvgIpc) is 2.45. The highest BCUT2D eigenvalue weighted by molar-refractivity contribution is 5.81. The van der Waals surface area contributed by atoms with Crippen LogP contribution in [-0.2, 0) is 6.54 Å². The van der Waals surface area contributed by atoms with Crippen LogP contribution in [0.2, 0.25) is 0 Å². The van der Waals surface area contributed by atoms with Crippen molar-refractivity contribution in [2.45, 2.75) is 13.5 Å². The Labute approximate surface area is 112 Å². The zero-order valence-electron chi connectivity index (χ0n) is 10.8. The lowest BCUT2D eigenvalue weighted by molar-refractivity contribution is 1.11. The fourth-order valence-corrected chi connectivity index (χ4v) is 2.13. The molecule has 0 aliphatic rings. The van der Waals surface area contributed by atoms with Gasteiger partial charge in [-0.15, -0.1) is 0 Å². The topological polar surface area (TPSA) is 37.8 Å². The first-order valence-electron chi connectivity index (χ1n) is 6.32. The molecule has 1 N–H and O–H groups in total. The van der Waals surface area contributed by atoms with Gasteiger partial charge in [0.25, 0.3) is 0 Å². The fraction of sp³-hybridized carbons (Fsp3) is 0.125. The van der Waals surface area contributed by atoms with E-state index in [0.717, 1.165) is 17.9 Å². The van der Waals surface area contributed by atoms with Gasteiger partial charge in [-0.25, -0.2) is 4.98 Å². The molecule has 3 heteroatoms. The van der Waals surface area contributed by atoms with Gasteiger partial charge in [-0.05, 0) is 36.2 Å². The third kappa shape index (κ3) is 2.55. The van der Waals surface area contributed by atoms with Crippen LogP contribution in [0.5, 0.6) is 0 Å². The maximum Gasteiger partial charge on any atom is 0.126 e. The zero-order chi connectivity index (χ0) is 13.1. The van der Waals surface area contributed by atoms with Crippen molar-refractivity contribution < 1.29 is 0 Å². The van der Waals surface area contributed by atoms with Crippen molar-refractivity contribution in [3.05, 3.63) is 66.0 Å². The molecule has 0 unspecified atom stereocenters. The summed E-state index contributed by atoms with van der Waals surface area (Å²) in [6.45, 7) is 2.79. The number of nitrogens with zero attached hydrogens (tertiary/aromatic N) is 2. The molecule has 0 amide bonds. The monoisotopic (exact) mass is 249 g/mol. The van der Waals surface area contributed by atoms with Crippen LogP contribution in [0.3, 0.4) is 0 Å². The predicted octanol–water partition coefficient (Wildman–Crippen LogP) is 3.55. The number of aromatic nitrogens is 2. The van der Waals surface area contributed by atoms with E-state index in [1.54, 1.807) is 0 Å². The van der Waals surface area contributed by atoms with Crippen LogP contribution in [0, 0.1) is 6.92 Å². The number of hydrogen-bond acceptors (Lipinski definition) is 3. The van der Waals surface area contributed by atoms with Gasteiger partial charge in [0.2, 0.25) is 0 Å². The molecule has 2 aromatic heterocycles. The summed E-state index contributed by atoms with van der Waals surface area (Å²) < 4.78 is 0. The van der Waals surface area contributed by atoms with Gasteiger partial charge in [-0.2, -0.15) is 0 Å². The maximum absolute atomic E-state index is 4.45. The van der Waals surface area contributed by atoms with Gasteiger partial charge < -0.3 is 5.32 Å². The van der Waals surface area contributed by atoms with Gasteiger partial charge in [-0.3, -0.25) is 4.98 Å².